The SMILES string of the molecule is CNC(c1cc2cccc(C)c2o1)c1cc(F)ccc1F. The second-order valence-electron chi connectivity index (χ2n) is 5.03. The molecule has 2 nitrogen and oxygen atoms in total. The number of hydrogen-bond donors (Lipinski definition) is 1. The van der Waals surface area contributed by atoms with Crippen LogP contribution in [0, 0.1) is 18.6 Å². The van der Waals surface area contributed by atoms with Crippen LogP contribution in [0.2, 0.25) is 0 Å². The van der Waals surface area contributed by atoms with Crippen LogP contribution in [0.15, 0.2) is 46.9 Å². The first kappa shape index (κ1) is 13.8. The van der Waals surface area contributed by atoms with Gasteiger partial charge in [-0.25, -0.2) is 8.78 Å². The molecule has 0 amide bonds. The molecule has 1 atom stereocenters. The minimum absolute atomic E-state index is 0.231. The Morgan fingerprint density at radius 1 is 1.10 bits per heavy atom. The molecular formula is C17H15F2NO. The number of furan rings is 1. The highest BCUT2D eigenvalue weighted by atomic mass is 19.1. The van der Waals surface area contributed by atoms with Gasteiger partial charge in [0.15, 0.2) is 0 Å². The van der Waals surface area contributed by atoms with Crippen LogP contribution in [0.5, 0.6) is 0 Å². The van der Waals surface area contributed by atoms with Crippen LogP contribution in [-0.2, 0) is 0 Å². The number of rotatable bonds is 3. The van der Waals surface area contributed by atoms with Crippen LogP contribution < -0.4 is 5.32 Å². The van der Waals surface area contributed by atoms with Gasteiger partial charge >= 0.3 is 0 Å². The standard InChI is InChI=1S/C17H15F2NO/c1-10-4-3-5-11-8-15(21-17(10)11)16(20-2)13-9-12(18)6-7-14(13)19/h3-9,16,20H,1-2H3. The minimum Gasteiger partial charge on any atom is -0.459 e. The average Bonchev–Trinajstić information content (AvgIpc) is 2.89. The summed E-state index contributed by atoms with van der Waals surface area (Å²) in [6, 6.07) is 10.6. The summed E-state index contributed by atoms with van der Waals surface area (Å²) in [5, 5.41) is 3.93. The molecule has 0 fully saturated rings. The first-order chi connectivity index (χ1) is 10.1. The summed E-state index contributed by atoms with van der Waals surface area (Å²) >= 11 is 0. The molecule has 3 aromatic rings. The summed E-state index contributed by atoms with van der Waals surface area (Å²) in [7, 11) is 1.69. The van der Waals surface area contributed by atoms with E-state index in [1.165, 1.54) is 6.07 Å². The van der Waals surface area contributed by atoms with E-state index < -0.39 is 17.7 Å². The number of para-hydroxylation sites is 1. The van der Waals surface area contributed by atoms with Crippen LogP contribution >= 0.6 is 0 Å². The minimum atomic E-state index is -0.535. The number of hydrogen-bond acceptors (Lipinski definition) is 2. The zero-order valence-corrected chi connectivity index (χ0v) is 11.8. The zero-order valence-electron chi connectivity index (χ0n) is 11.8. The molecule has 0 saturated carbocycles. The van der Waals surface area contributed by atoms with Gasteiger partial charge in [0, 0.05) is 10.9 Å². The molecule has 2 aromatic carbocycles. The molecule has 0 aliphatic rings. The molecule has 1 heterocycles. The van der Waals surface area contributed by atoms with Gasteiger partial charge in [-0.05, 0) is 43.8 Å². The summed E-state index contributed by atoms with van der Waals surface area (Å²) in [5.74, 6) is -0.377. The predicted octanol–water partition coefficient (Wildman–Crippen LogP) is 4.33. The first-order valence-electron chi connectivity index (χ1n) is 6.71. The Bertz CT molecular complexity index is 795. The highest BCUT2D eigenvalue weighted by molar-refractivity contribution is 5.81. The van der Waals surface area contributed by atoms with Crippen molar-refractivity contribution in [3.63, 3.8) is 0 Å². The molecule has 21 heavy (non-hydrogen) atoms. The first-order valence-corrected chi connectivity index (χ1v) is 6.71. The van der Waals surface area contributed by atoms with Gasteiger partial charge < -0.3 is 9.73 Å². The van der Waals surface area contributed by atoms with Gasteiger partial charge in [0.2, 0.25) is 0 Å². The van der Waals surface area contributed by atoms with Crippen molar-refractivity contribution in [2.75, 3.05) is 7.05 Å². The number of nitrogens with one attached hydrogen (secondary N) is 1. The van der Waals surface area contributed by atoms with E-state index in [9.17, 15) is 8.78 Å². The molecule has 1 unspecified atom stereocenters. The maximum absolute atomic E-state index is 14.0. The Balaban J connectivity index is 2.13. The fourth-order valence-electron chi connectivity index (χ4n) is 2.56. The van der Waals surface area contributed by atoms with Gasteiger partial charge in [-0.1, -0.05) is 18.2 Å². The third kappa shape index (κ3) is 2.43. The second kappa shape index (κ2) is 5.30. The largest absolute Gasteiger partial charge is 0.459 e. The molecule has 0 spiro atoms. The Hall–Kier alpha value is -2.20. The van der Waals surface area contributed by atoms with E-state index in [1.54, 1.807) is 7.05 Å². The Morgan fingerprint density at radius 2 is 1.90 bits per heavy atom. The molecule has 108 valence electrons. The summed E-state index contributed by atoms with van der Waals surface area (Å²) < 4.78 is 33.2. The zero-order chi connectivity index (χ0) is 15.0. The molecule has 4 heteroatoms. The fourth-order valence-corrected chi connectivity index (χ4v) is 2.56. The summed E-state index contributed by atoms with van der Waals surface area (Å²) in [6.07, 6.45) is 0. The van der Waals surface area contributed by atoms with E-state index in [0.29, 0.717) is 5.76 Å². The van der Waals surface area contributed by atoms with Crippen molar-refractivity contribution in [2.24, 2.45) is 0 Å². The van der Waals surface area contributed by atoms with E-state index in [2.05, 4.69) is 5.32 Å². The van der Waals surface area contributed by atoms with E-state index in [-0.39, 0.29) is 5.56 Å². The smallest absolute Gasteiger partial charge is 0.137 e. The van der Waals surface area contributed by atoms with Crippen molar-refractivity contribution in [3.8, 4) is 0 Å². The molecule has 0 aliphatic heterocycles. The van der Waals surface area contributed by atoms with Gasteiger partial charge in [0.25, 0.3) is 0 Å². The maximum Gasteiger partial charge on any atom is 0.137 e. The number of halogens is 2. The third-order valence-corrected chi connectivity index (χ3v) is 3.60. The molecule has 0 radical (unpaired) electrons. The van der Waals surface area contributed by atoms with Crippen LogP contribution in [0.4, 0.5) is 8.78 Å². The van der Waals surface area contributed by atoms with E-state index >= 15 is 0 Å². The molecule has 1 N–H and O–H groups in total. The quantitative estimate of drug-likeness (QED) is 0.775. The average molecular weight is 287 g/mol. The van der Waals surface area contributed by atoms with Crippen molar-refractivity contribution in [1.29, 1.82) is 0 Å². The van der Waals surface area contributed by atoms with Crippen LogP contribution in [0.25, 0.3) is 11.0 Å². The molecule has 1 aromatic heterocycles. The van der Waals surface area contributed by atoms with Crippen LogP contribution in [0.3, 0.4) is 0 Å². The lowest BCUT2D eigenvalue weighted by Crippen LogP contribution is -2.18. The molecule has 0 bridgehead atoms. The Kier molecular flexibility index (Phi) is 3.47. The van der Waals surface area contributed by atoms with Gasteiger partial charge in [-0.3, -0.25) is 0 Å². The Morgan fingerprint density at radius 3 is 2.62 bits per heavy atom. The normalized spacial score (nSPS) is 12.8. The van der Waals surface area contributed by atoms with Crippen molar-refractivity contribution in [2.45, 2.75) is 13.0 Å². The number of benzene rings is 2. The summed E-state index contributed by atoms with van der Waals surface area (Å²) in [4.78, 5) is 0. The monoisotopic (exact) mass is 287 g/mol. The predicted molar refractivity (Wildman–Crippen MR) is 78.2 cm³/mol. The van der Waals surface area contributed by atoms with Gasteiger partial charge in [-0.2, -0.15) is 0 Å². The highest BCUT2D eigenvalue weighted by Crippen LogP contribution is 2.31. The fraction of sp³-hybridized carbons (Fsp3) is 0.176. The van der Waals surface area contributed by atoms with Crippen LogP contribution in [0.1, 0.15) is 22.9 Å². The van der Waals surface area contributed by atoms with Gasteiger partial charge in [0.1, 0.15) is 23.0 Å². The van der Waals surface area contributed by atoms with Crippen molar-refractivity contribution in [3.05, 3.63) is 71.0 Å². The molecule has 3 rings (SSSR count). The second-order valence-corrected chi connectivity index (χ2v) is 5.03. The molecule has 0 saturated heterocycles. The van der Waals surface area contributed by atoms with Crippen molar-refractivity contribution < 1.29 is 13.2 Å². The molecular weight excluding hydrogens is 272 g/mol. The summed E-state index contributed by atoms with van der Waals surface area (Å²) in [6.45, 7) is 1.95. The summed E-state index contributed by atoms with van der Waals surface area (Å²) in [5.41, 5.74) is 2.01. The lowest BCUT2D eigenvalue weighted by molar-refractivity contribution is 0.472. The van der Waals surface area contributed by atoms with Crippen LogP contribution in [-0.4, -0.2) is 7.05 Å². The van der Waals surface area contributed by atoms with E-state index in [1.807, 2.05) is 31.2 Å². The lowest BCUT2D eigenvalue weighted by atomic mass is 10.0. The number of aryl methyl sites for hydroxylation is 1. The van der Waals surface area contributed by atoms with Crippen molar-refractivity contribution in [1.82, 2.24) is 5.32 Å². The topological polar surface area (TPSA) is 25.2 Å². The third-order valence-electron chi connectivity index (χ3n) is 3.60. The number of fused-ring (bicyclic) bond motifs is 1. The van der Waals surface area contributed by atoms with E-state index in [4.69, 9.17) is 4.42 Å². The molecule has 0 aliphatic carbocycles. The Labute approximate surface area is 121 Å². The highest BCUT2D eigenvalue weighted by Gasteiger charge is 2.21. The maximum atomic E-state index is 14.0. The van der Waals surface area contributed by atoms with Gasteiger partial charge in [0.05, 0.1) is 6.04 Å². The lowest BCUT2D eigenvalue weighted by Gasteiger charge is -2.15. The van der Waals surface area contributed by atoms with Gasteiger partial charge in [-0.15, -0.1) is 0 Å². The van der Waals surface area contributed by atoms with E-state index in [0.717, 1.165) is 28.7 Å². The van der Waals surface area contributed by atoms with Crippen molar-refractivity contribution >= 4 is 11.0 Å².